The van der Waals surface area contributed by atoms with Crippen LogP contribution in [0.3, 0.4) is 0 Å². The molecule has 0 aromatic heterocycles. The summed E-state index contributed by atoms with van der Waals surface area (Å²) in [5.41, 5.74) is 1.32. The fourth-order valence-corrected chi connectivity index (χ4v) is 5.33. The summed E-state index contributed by atoms with van der Waals surface area (Å²) >= 11 is 3.45. The van der Waals surface area contributed by atoms with Crippen LogP contribution in [-0.4, -0.2) is 56.8 Å². The van der Waals surface area contributed by atoms with Gasteiger partial charge in [-0.05, 0) is 56.5 Å². The molecule has 0 saturated heterocycles. The number of fused-ring (bicyclic) bond motifs is 1. The minimum absolute atomic E-state index is 0.0113. The van der Waals surface area contributed by atoms with Crippen molar-refractivity contribution in [1.29, 1.82) is 0 Å². The van der Waals surface area contributed by atoms with Crippen LogP contribution in [-0.2, 0) is 26.2 Å². The summed E-state index contributed by atoms with van der Waals surface area (Å²) in [6, 6.07) is 11.8. The Bertz CT molecular complexity index is 1220. The first kappa shape index (κ1) is 28.8. The zero-order valence-electron chi connectivity index (χ0n) is 21.6. The lowest BCUT2D eigenvalue weighted by molar-refractivity contribution is -0.140. The van der Waals surface area contributed by atoms with E-state index < -0.39 is 16.1 Å². The van der Waals surface area contributed by atoms with Gasteiger partial charge in [-0.1, -0.05) is 35.0 Å². The zero-order chi connectivity index (χ0) is 27.2. The lowest BCUT2D eigenvalue weighted by atomic mass is 10.1. The van der Waals surface area contributed by atoms with E-state index in [1.807, 2.05) is 38.1 Å². The van der Waals surface area contributed by atoms with Crippen LogP contribution in [0, 0.1) is 0 Å². The molecule has 3 rings (SSSR count). The number of benzene rings is 2. The number of amides is 2. The molecule has 0 fully saturated rings. The number of nitrogens with zero attached hydrogens (tertiary/aromatic N) is 2. The van der Waals surface area contributed by atoms with Gasteiger partial charge >= 0.3 is 0 Å². The van der Waals surface area contributed by atoms with Gasteiger partial charge in [0.25, 0.3) is 0 Å². The summed E-state index contributed by atoms with van der Waals surface area (Å²) in [6.07, 6.45) is 2.25. The second kappa shape index (κ2) is 12.6. The number of hydrogen-bond acceptors (Lipinski definition) is 6. The van der Waals surface area contributed by atoms with E-state index in [4.69, 9.17) is 9.47 Å². The van der Waals surface area contributed by atoms with Crippen LogP contribution >= 0.6 is 15.9 Å². The van der Waals surface area contributed by atoms with Gasteiger partial charge in [0.1, 0.15) is 6.04 Å². The van der Waals surface area contributed by atoms with E-state index in [0.717, 1.165) is 22.7 Å². The number of carbonyl (C=O) groups is 2. The SMILES string of the molecule is CC[C@@H](C)NC(=O)[C@H](C)N(Cc1cccc(Br)c1)C(=O)CCCN(c1ccc2c(c1)OCO2)S(C)(=O)=O. The molecule has 1 aliphatic rings. The molecule has 0 unspecified atom stereocenters. The van der Waals surface area contributed by atoms with Gasteiger partial charge in [-0.3, -0.25) is 13.9 Å². The molecule has 2 aromatic rings. The van der Waals surface area contributed by atoms with E-state index in [2.05, 4.69) is 21.2 Å². The molecule has 2 amide bonds. The third-order valence-electron chi connectivity index (χ3n) is 6.21. The standard InChI is InChI=1S/C26H34BrN3O6S/c1-5-18(2)28-26(32)19(3)29(16-20-8-6-9-21(27)14-20)25(31)10-7-13-30(37(4,33)34)22-11-12-23-24(15-22)36-17-35-23/h6,8-9,11-12,14-15,18-19H,5,7,10,13,16-17H2,1-4H3,(H,28,32)/t18-,19+/m1/s1. The Labute approximate surface area is 227 Å². The molecule has 1 N–H and O–H groups in total. The number of hydrogen-bond donors (Lipinski definition) is 1. The minimum Gasteiger partial charge on any atom is -0.454 e. The van der Waals surface area contributed by atoms with Crippen LogP contribution in [0.1, 0.15) is 45.6 Å². The van der Waals surface area contributed by atoms with Crippen molar-refractivity contribution in [3.63, 3.8) is 0 Å². The van der Waals surface area contributed by atoms with Crippen molar-refractivity contribution < 1.29 is 27.5 Å². The Balaban J connectivity index is 1.73. The molecule has 37 heavy (non-hydrogen) atoms. The van der Waals surface area contributed by atoms with E-state index in [9.17, 15) is 18.0 Å². The van der Waals surface area contributed by atoms with E-state index in [1.54, 1.807) is 30.0 Å². The van der Waals surface area contributed by atoms with Crippen molar-refractivity contribution >= 4 is 43.5 Å². The molecule has 0 bridgehead atoms. The van der Waals surface area contributed by atoms with Gasteiger partial charge in [-0.25, -0.2) is 8.42 Å². The first-order valence-corrected chi connectivity index (χ1v) is 14.9. The van der Waals surface area contributed by atoms with Gasteiger partial charge in [-0.15, -0.1) is 0 Å². The number of ether oxygens (including phenoxy) is 2. The Kier molecular flexibility index (Phi) is 9.83. The van der Waals surface area contributed by atoms with Crippen LogP contribution in [0.15, 0.2) is 46.9 Å². The number of rotatable bonds is 12. The van der Waals surface area contributed by atoms with Crippen molar-refractivity contribution in [1.82, 2.24) is 10.2 Å². The van der Waals surface area contributed by atoms with Gasteiger partial charge in [-0.2, -0.15) is 0 Å². The highest BCUT2D eigenvalue weighted by Gasteiger charge is 2.27. The maximum atomic E-state index is 13.4. The number of halogens is 1. The van der Waals surface area contributed by atoms with Crippen molar-refractivity contribution in [3.05, 3.63) is 52.5 Å². The average molecular weight is 597 g/mol. The van der Waals surface area contributed by atoms with Crippen LogP contribution < -0.4 is 19.1 Å². The van der Waals surface area contributed by atoms with Crippen molar-refractivity contribution in [2.24, 2.45) is 0 Å². The molecule has 0 saturated carbocycles. The molecule has 0 spiro atoms. The number of nitrogens with one attached hydrogen (secondary N) is 1. The Morgan fingerprint density at radius 1 is 1.11 bits per heavy atom. The van der Waals surface area contributed by atoms with E-state index >= 15 is 0 Å². The number of anilines is 1. The van der Waals surface area contributed by atoms with Crippen LogP contribution in [0.4, 0.5) is 5.69 Å². The van der Waals surface area contributed by atoms with Crippen molar-refractivity contribution in [2.45, 2.75) is 58.7 Å². The van der Waals surface area contributed by atoms with E-state index in [0.29, 0.717) is 17.2 Å². The molecule has 202 valence electrons. The maximum absolute atomic E-state index is 13.4. The van der Waals surface area contributed by atoms with Crippen LogP contribution in [0.5, 0.6) is 11.5 Å². The zero-order valence-corrected chi connectivity index (χ0v) is 24.0. The third-order valence-corrected chi connectivity index (χ3v) is 7.89. The highest BCUT2D eigenvalue weighted by molar-refractivity contribution is 9.10. The van der Waals surface area contributed by atoms with Crippen LogP contribution in [0.25, 0.3) is 0 Å². The molecule has 2 aromatic carbocycles. The Hall–Kier alpha value is -2.79. The van der Waals surface area contributed by atoms with Crippen molar-refractivity contribution in [2.75, 3.05) is 23.9 Å². The molecule has 0 radical (unpaired) electrons. The second-order valence-corrected chi connectivity index (χ2v) is 11.9. The summed E-state index contributed by atoms with van der Waals surface area (Å²) < 4.78 is 37.9. The smallest absolute Gasteiger partial charge is 0.242 e. The molecule has 2 atom stereocenters. The topological polar surface area (TPSA) is 105 Å². The predicted molar refractivity (Wildman–Crippen MR) is 146 cm³/mol. The molecular formula is C26H34BrN3O6S. The molecule has 1 aliphatic heterocycles. The maximum Gasteiger partial charge on any atom is 0.242 e. The summed E-state index contributed by atoms with van der Waals surface area (Å²) in [5.74, 6) is 0.575. The van der Waals surface area contributed by atoms with Gasteiger partial charge in [0.2, 0.25) is 28.6 Å². The fourth-order valence-electron chi connectivity index (χ4n) is 3.92. The molecular weight excluding hydrogens is 562 g/mol. The normalized spacial score (nSPS) is 14.1. The quantitative estimate of drug-likeness (QED) is 0.397. The highest BCUT2D eigenvalue weighted by Crippen LogP contribution is 2.36. The summed E-state index contributed by atoms with van der Waals surface area (Å²) in [4.78, 5) is 27.8. The lowest BCUT2D eigenvalue weighted by Gasteiger charge is -2.30. The van der Waals surface area contributed by atoms with Gasteiger partial charge in [0.15, 0.2) is 11.5 Å². The summed E-state index contributed by atoms with van der Waals surface area (Å²) in [6.45, 7) is 6.05. The average Bonchev–Trinajstić information content (AvgIpc) is 3.31. The van der Waals surface area contributed by atoms with Crippen LogP contribution in [0.2, 0.25) is 0 Å². The Morgan fingerprint density at radius 3 is 2.51 bits per heavy atom. The minimum atomic E-state index is -3.61. The van der Waals surface area contributed by atoms with Gasteiger partial charge in [0.05, 0.1) is 11.9 Å². The first-order chi connectivity index (χ1) is 17.5. The monoisotopic (exact) mass is 595 g/mol. The van der Waals surface area contributed by atoms with Crippen molar-refractivity contribution in [3.8, 4) is 11.5 Å². The van der Waals surface area contributed by atoms with E-state index in [1.165, 1.54) is 4.31 Å². The fraction of sp³-hybridized carbons (Fsp3) is 0.462. The highest BCUT2D eigenvalue weighted by atomic mass is 79.9. The lowest BCUT2D eigenvalue weighted by Crippen LogP contribution is -2.49. The largest absolute Gasteiger partial charge is 0.454 e. The van der Waals surface area contributed by atoms with Gasteiger partial charge < -0.3 is 19.7 Å². The molecule has 9 nitrogen and oxygen atoms in total. The molecule has 11 heteroatoms. The molecule has 1 heterocycles. The third kappa shape index (κ3) is 7.85. The number of sulfonamides is 1. The van der Waals surface area contributed by atoms with E-state index in [-0.39, 0.29) is 50.6 Å². The first-order valence-electron chi connectivity index (χ1n) is 12.2. The van der Waals surface area contributed by atoms with Gasteiger partial charge in [0, 0.05) is 36.1 Å². The number of carbonyl (C=O) groups excluding carboxylic acids is 2. The Morgan fingerprint density at radius 2 is 1.84 bits per heavy atom. The predicted octanol–water partition coefficient (Wildman–Crippen LogP) is 4.06. The summed E-state index contributed by atoms with van der Waals surface area (Å²) in [5, 5.41) is 2.95. The second-order valence-electron chi connectivity index (χ2n) is 9.12. The summed E-state index contributed by atoms with van der Waals surface area (Å²) in [7, 11) is -3.61. The molecule has 0 aliphatic carbocycles.